The molecule has 0 aromatic rings. The second-order valence-corrected chi connectivity index (χ2v) is 3.06. The molecule has 0 rings (SSSR count). The van der Waals surface area contributed by atoms with E-state index in [1.54, 1.807) is 4.90 Å². The fourth-order valence-corrected chi connectivity index (χ4v) is 1.18. The molecule has 0 aromatic carbocycles. The Kier molecular flexibility index (Phi) is 6.80. The molecule has 0 saturated carbocycles. The van der Waals surface area contributed by atoms with E-state index in [1.807, 2.05) is 13.8 Å². The minimum atomic E-state index is -0.269. The van der Waals surface area contributed by atoms with Gasteiger partial charge in [0.2, 0.25) is 5.91 Å². The van der Waals surface area contributed by atoms with Gasteiger partial charge in [0.15, 0.2) is 0 Å². The lowest BCUT2D eigenvalue weighted by atomic mass is 10.3. The van der Waals surface area contributed by atoms with E-state index >= 15 is 0 Å². The number of carbonyl (C=O) groups excluding carboxylic acids is 2. The molecule has 0 fully saturated rings. The number of hydrogen-bond donors (Lipinski definition) is 0. The van der Waals surface area contributed by atoms with Gasteiger partial charge in [0.25, 0.3) is 0 Å². The fraction of sp³-hybridized carbons (Fsp3) is 0.800. The molecule has 1 amide bonds. The average molecular weight is 201 g/mol. The summed E-state index contributed by atoms with van der Waals surface area (Å²) in [5, 5.41) is 0. The Morgan fingerprint density at radius 3 is 2.29 bits per heavy atom. The molecular weight excluding hydrogens is 182 g/mol. The predicted octanol–water partition coefficient (Wildman–Crippen LogP) is 1.20. The van der Waals surface area contributed by atoms with Gasteiger partial charge in [-0.3, -0.25) is 9.59 Å². The summed E-state index contributed by atoms with van der Waals surface area (Å²) in [6.45, 7) is 5.01. The molecule has 4 heteroatoms. The summed E-state index contributed by atoms with van der Waals surface area (Å²) in [6, 6.07) is 0. The normalized spacial score (nSPS) is 9.64. The number of carbonyl (C=O) groups is 2. The van der Waals surface area contributed by atoms with Gasteiger partial charge in [0.1, 0.15) is 0 Å². The van der Waals surface area contributed by atoms with Crippen LogP contribution in [0.4, 0.5) is 0 Å². The summed E-state index contributed by atoms with van der Waals surface area (Å²) in [6.07, 6.45) is 1.68. The second-order valence-electron chi connectivity index (χ2n) is 3.06. The number of hydrogen-bond acceptors (Lipinski definition) is 3. The van der Waals surface area contributed by atoms with Crippen LogP contribution in [0.2, 0.25) is 0 Å². The lowest BCUT2D eigenvalue weighted by Gasteiger charge is -2.20. The number of rotatable bonds is 6. The number of ether oxygens (including phenoxy) is 1. The lowest BCUT2D eigenvalue weighted by Crippen LogP contribution is -2.33. The van der Waals surface area contributed by atoms with Crippen LogP contribution >= 0.6 is 0 Å². The molecule has 0 aliphatic carbocycles. The van der Waals surface area contributed by atoms with Gasteiger partial charge in [-0.05, 0) is 6.42 Å². The van der Waals surface area contributed by atoms with E-state index in [-0.39, 0.29) is 18.3 Å². The highest BCUT2D eigenvalue weighted by molar-refractivity contribution is 5.76. The zero-order chi connectivity index (χ0) is 11.0. The smallest absolute Gasteiger partial charge is 0.307 e. The van der Waals surface area contributed by atoms with Crippen molar-refractivity contribution in [2.24, 2.45) is 0 Å². The van der Waals surface area contributed by atoms with Crippen LogP contribution in [0.5, 0.6) is 0 Å². The van der Waals surface area contributed by atoms with Crippen LogP contribution in [0.15, 0.2) is 0 Å². The molecule has 0 unspecified atom stereocenters. The predicted molar refractivity (Wildman–Crippen MR) is 53.8 cm³/mol. The van der Waals surface area contributed by atoms with Crippen LogP contribution in [0.3, 0.4) is 0 Å². The monoisotopic (exact) mass is 201 g/mol. The summed E-state index contributed by atoms with van der Waals surface area (Å²) >= 11 is 0. The van der Waals surface area contributed by atoms with Crippen molar-refractivity contribution < 1.29 is 14.3 Å². The van der Waals surface area contributed by atoms with Crippen LogP contribution in [-0.4, -0.2) is 37.0 Å². The van der Waals surface area contributed by atoms with Gasteiger partial charge in [0, 0.05) is 19.5 Å². The number of methoxy groups -OCH3 is 1. The van der Waals surface area contributed by atoms with E-state index in [0.717, 1.165) is 6.42 Å². The van der Waals surface area contributed by atoms with Gasteiger partial charge in [0.05, 0.1) is 13.5 Å². The maximum absolute atomic E-state index is 11.4. The van der Waals surface area contributed by atoms with Gasteiger partial charge >= 0.3 is 5.97 Å². The Bertz CT molecular complexity index is 192. The summed E-state index contributed by atoms with van der Waals surface area (Å²) in [5.41, 5.74) is 0. The van der Waals surface area contributed by atoms with Crippen LogP contribution in [-0.2, 0) is 14.3 Å². The van der Waals surface area contributed by atoms with Crippen molar-refractivity contribution in [1.82, 2.24) is 4.90 Å². The Hall–Kier alpha value is -1.06. The quantitative estimate of drug-likeness (QED) is 0.607. The minimum absolute atomic E-state index is 0.0933. The zero-order valence-corrected chi connectivity index (χ0v) is 9.21. The third-order valence-corrected chi connectivity index (χ3v) is 1.96. The Morgan fingerprint density at radius 2 is 1.86 bits per heavy atom. The molecule has 0 aliphatic heterocycles. The van der Waals surface area contributed by atoms with Crippen LogP contribution in [0.25, 0.3) is 0 Å². The van der Waals surface area contributed by atoms with Gasteiger partial charge in [-0.2, -0.15) is 0 Å². The van der Waals surface area contributed by atoms with Crippen molar-refractivity contribution in [3.8, 4) is 0 Å². The third-order valence-electron chi connectivity index (χ3n) is 1.96. The van der Waals surface area contributed by atoms with E-state index in [2.05, 4.69) is 4.74 Å². The molecule has 0 N–H and O–H groups in total. The average Bonchev–Trinajstić information content (AvgIpc) is 2.22. The van der Waals surface area contributed by atoms with Crippen molar-refractivity contribution in [2.75, 3.05) is 20.2 Å². The first-order valence-corrected chi connectivity index (χ1v) is 5.00. The molecule has 14 heavy (non-hydrogen) atoms. The molecule has 0 atom stereocenters. The highest BCUT2D eigenvalue weighted by atomic mass is 16.5. The van der Waals surface area contributed by atoms with E-state index in [1.165, 1.54) is 7.11 Å². The third kappa shape index (κ3) is 4.84. The molecule has 0 spiro atoms. The van der Waals surface area contributed by atoms with E-state index in [9.17, 15) is 9.59 Å². The van der Waals surface area contributed by atoms with Crippen molar-refractivity contribution >= 4 is 11.9 Å². The summed E-state index contributed by atoms with van der Waals surface area (Å²) in [4.78, 5) is 24.0. The Labute approximate surface area is 85.2 Å². The summed E-state index contributed by atoms with van der Waals surface area (Å²) in [7, 11) is 1.36. The first-order chi connectivity index (χ1) is 6.65. The van der Waals surface area contributed by atoms with Crippen LogP contribution in [0, 0.1) is 0 Å². The molecule has 4 nitrogen and oxygen atoms in total. The zero-order valence-electron chi connectivity index (χ0n) is 9.21. The van der Waals surface area contributed by atoms with Gasteiger partial charge < -0.3 is 9.64 Å². The Morgan fingerprint density at radius 1 is 1.21 bits per heavy atom. The van der Waals surface area contributed by atoms with Gasteiger partial charge in [-0.15, -0.1) is 0 Å². The van der Waals surface area contributed by atoms with Crippen molar-refractivity contribution in [3.63, 3.8) is 0 Å². The first-order valence-electron chi connectivity index (χ1n) is 5.00. The number of nitrogens with zero attached hydrogens (tertiary/aromatic N) is 1. The number of amides is 1. The topological polar surface area (TPSA) is 46.6 Å². The molecule has 82 valence electrons. The van der Waals surface area contributed by atoms with Crippen molar-refractivity contribution in [1.29, 1.82) is 0 Å². The first kappa shape index (κ1) is 12.9. The SMILES string of the molecule is CCCN(CCC(=O)OC)C(=O)CC. The standard InChI is InChI=1S/C10H19NO3/c1-4-7-11(9(12)5-2)8-6-10(13)14-3/h4-8H2,1-3H3. The van der Waals surface area contributed by atoms with Gasteiger partial charge in [-0.25, -0.2) is 0 Å². The minimum Gasteiger partial charge on any atom is -0.469 e. The number of esters is 1. The maximum atomic E-state index is 11.4. The van der Waals surface area contributed by atoms with Crippen LogP contribution in [0.1, 0.15) is 33.1 Å². The molecule has 0 saturated heterocycles. The molecule has 0 bridgehead atoms. The van der Waals surface area contributed by atoms with E-state index in [4.69, 9.17) is 0 Å². The summed E-state index contributed by atoms with van der Waals surface area (Å²) < 4.78 is 4.52. The molecule has 0 aliphatic rings. The van der Waals surface area contributed by atoms with Crippen molar-refractivity contribution in [3.05, 3.63) is 0 Å². The lowest BCUT2D eigenvalue weighted by molar-refractivity contribution is -0.141. The second kappa shape index (κ2) is 7.35. The Balaban J connectivity index is 3.96. The highest BCUT2D eigenvalue weighted by Crippen LogP contribution is 1.99. The largest absolute Gasteiger partial charge is 0.469 e. The molecule has 0 radical (unpaired) electrons. The molecule has 0 heterocycles. The summed E-state index contributed by atoms with van der Waals surface area (Å²) in [5.74, 6) is -0.175. The van der Waals surface area contributed by atoms with Gasteiger partial charge in [-0.1, -0.05) is 13.8 Å². The molecule has 0 aromatic heterocycles. The highest BCUT2D eigenvalue weighted by Gasteiger charge is 2.11. The van der Waals surface area contributed by atoms with E-state index < -0.39 is 0 Å². The fourth-order valence-electron chi connectivity index (χ4n) is 1.18. The van der Waals surface area contributed by atoms with Crippen molar-refractivity contribution in [2.45, 2.75) is 33.1 Å². The van der Waals surface area contributed by atoms with Crippen LogP contribution < -0.4 is 0 Å². The molecular formula is C10H19NO3. The maximum Gasteiger partial charge on any atom is 0.307 e. The van der Waals surface area contributed by atoms with E-state index in [0.29, 0.717) is 19.5 Å².